The summed E-state index contributed by atoms with van der Waals surface area (Å²) in [5.41, 5.74) is -0.111. The highest BCUT2D eigenvalue weighted by Gasteiger charge is 2.26. The van der Waals surface area contributed by atoms with Gasteiger partial charge < -0.3 is 0 Å². The molecule has 120 valence electrons. The number of halogens is 2. The normalized spacial score (nSPS) is 12.6. The van der Waals surface area contributed by atoms with Crippen LogP contribution in [0.15, 0.2) is 58.5 Å². The van der Waals surface area contributed by atoms with Crippen molar-refractivity contribution in [2.24, 2.45) is 0 Å². The number of rotatable bonds is 3. The smallest absolute Gasteiger partial charge is 0.223 e. The van der Waals surface area contributed by atoms with Crippen LogP contribution in [0.3, 0.4) is 0 Å². The Kier molecular flexibility index (Phi) is 3.88. The van der Waals surface area contributed by atoms with E-state index in [4.69, 9.17) is 22.3 Å². The van der Waals surface area contributed by atoms with Crippen molar-refractivity contribution in [1.82, 2.24) is 8.96 Å². The Labute approximate surface area is 141 Å². The van der Waals surface area contributed by atoms with E-state index in [0.29, 0.717) is 0 Å². The Morgan fingerprint density at radius 3 is 2.22 bits per heavy atom. The maximum atomic E-state index is 12.7. The van der Waals surface area contributed by atoms with Crippen molar-refractivity contribution in [3.05, 3.63) is 53.8 Å². The molecule has 0 N–H and O–H groups in total. The highest BCUT2D eigenvalue weighted by atomic mass is 35.7. The molecule has 0 atom stereocenters. The van der Waals surface area contributed by atoms with Crippen LogP contribution in [0, 0.1) is 0 Å². The average Bonchev–Trinajstić information content (AvgIpc) is 2.87. The number of hydrogen-bond acceptors (Lipinski definition) is 5. The Balaban J connectivity index is 2.41. The Morgan fingerprint density at radius 2 is 1.61 bits per heavy atom. The molecule has 10 heteroatoms. The molecule has 2 heterocycles. The van der Waals surface area contributed by atoms with Crippen LogP contribution >= 0.6 is 22.3 Å². The van der Waals surface area contributed by atoms with Gasteiger partial charge in [0.25, 0.3) is 19.1 Å². The molecule has 3 aromatic rings. The maximum absolute atomic E-state index is 12.7. The lowest BCUT2D eigenvalue weighted by Gasteiger charge is -2.06. The van der Waals surface area contributed by atoms with Crippen LogP contribution in [0.4, 0.5) is 0 Å². The van der Waals surface area contributed by atoms with Gasteiger partial charge in [-0.15, -0.1) is 0 Å². The third-order valence-corrected chi connectivity index (χ3v) is 6.34. The Hall–Kier alpha value is -1.61. The van der Waals surface area contributed by atoms with E-state index in [1.165, 1.54) is 24.3 Å². The second-order valence-electron chi connectivity index (χ2n) is 4.55. The summed E-state index contributed by atoms with van der Waals surface area (Å²) in [5.74, 6) is 0. The maximum Gasteiger partial charge on any atom is 0.269 e. The van der Waals surface area contributed by atoms with Crippen LogP contribution in [0.1, 0.15) is 0 Å². The monoisotopic (exact) mass is 390 g/mol. The zero-order chi connectivity index (χ0) is 16.8. The first-order valence-corrected chi connectivity index (χ1v) is 10.3. The van der Waals surface area contributed by atoms with Gasteiger partial charge in [-0.25, -0.2) is 25.8 Å². The fourth-order valence-electron chi connectivity index (χ4n) is 2.11. The first kappa shape index (κ1) is 16.3. The van der Waals surface area contributed by atoms with Crippen molar-refractivity contribution in [3.63, 3.8) is 0 Å². The summed E-state index contributed by atoms with van der Waals surface area (Å²) < 4.78 is 49.7. The Morgan fingerprint density at radius 1 is 0.957 bits per heavy atom. The number of nitrogens with zero attached hydrogens (tertiary/aromatic N) is 2. The van der Waals surface area contributed by atoms with E-state index in [-0.39, 0.29) is 26.0 Å². The summed E-state index contributed by atoms with van der Waals surface area (Å²) in [6.45, 7) is 0. The average molecular weight is 391 g/mol. The Bertz CT molecular complexity index is 1110. The number of aromatic nitrogens is 2. The van der Waals surface area contributed by atoms with Crippen LogP contribution in [0.2, 0.25) is 5.15 Å². The molecule has 6 nitrogen and oxygen atoms in total. The van der Waals surface area contributed by atoms with E-state index in [9.17, 15) is 16.8 Å². The van der Waals surface area contributed by atoms with E-state index in [2.05, 4.69) is 4.98 Å². The van der Waals surface area contributed by atoms with Crippen LogP contribution in [0.5, 0.6) is 0 Å². The largest absolute Gasteiger partial charge is 0.269 e. The molecular weight excluding hydrogens is 383 g/mol. The van der Waals surface area contributed by atoms with Crippen molar-refractivity contribution in [2.75, 3.05) is 0 Å². The van der Waals surface area contributed by atoms with E-state index in [1.807, 2.05) is 0 Å². The van der Waals surface area contributed by atoms with Crippen LogP contribution in [-0.2, 0) is 19.1 Å². The molecule has 2 aromatic heterocycles. The number of fused-ring (bicyclic) bond motifs is 1. The summed E-state index contributed by atoms with van der Waals surface area (Å²) in [6, 6.07) is 10.3. The lowest BCUT2D eigenvalue weighted by atomic mass is 10.3. The molecule has 0 aliphatic heterocycles. The molecule has 3 rings (SSSR count). The predicted molar refractivity (Wildman–Crippen MR) is 86.8 cm³/mol. The number of benzene rings is 1. The van der Waals surface area contributed by atoms with E-state index in [0.717, 1.165) is 10.2 Å². The van der Waals surface area contributed by atoms with Crippen LogP contribution < -0.4 is 0 Å². The summed E-state index contributed by atoms with van der Waals surface area (Å²) in [6.07, 6.45) is 0.929. The van der Waals surface area contributed by atoms with Crippen molar-refractivity contribution < 1.29 is 16.8 Å². The molecule has 0 saturated carbocycles. The molecule has 0 unspecified atom stereocenters. The van der Waals surface area contributed by atoms with Crippen molar-refractivity contribution >= 4 is 52.4 Å². The molecular formula is C13H8Cl2N2O4S2. The minimum atomic E-state index is -4.16. The molecule has 0 aliphatic rings. The third-order valence-electron chi connectivity index (χ3n) is 3.11. The summed E-state index contributed by atoms with van der Waals surface area (Å²) in [4.78, 5) is 3.56. The molecule has 23 heavy (non-hydrogen) atoms. The summed E-state index contributed by atoms with van der Waals surface area (Å²) in [5, 5.41) is 0.0996. The summed E-state index contributed by atoms with van der Waals surface area (Å²) in [7, 11) is -2.82. The second kappa shape index (κ2) is 5.48. The molecule has 0 bridgehead atoms. The highest BCUT2D eigenvalue weighted by molar-refractivity contribution is 8.14. The first-order valence-electron chi connectivity index (χ1n) is 6.14. The molecule has 0 radical (unpaired) electrons. The van der Waals surface area contributed by atoms with Gasteiger partial charge in [-0.05, 0) is 24.3 Å². The summed E-state index contributed by atoms with van der Waals surface area (Å²) >= 11 is 5.81. The van der Waals surface area contributed by atoms with Gasteiger partial charge >= 0.3 is 0 Å². The van der Waals surface area contributed by atoms with Gasteiger partial charge in [-0.2, -0.15) is 0 Å². The van der Waals surface area contributed by atoms with Crippen LogP contribution in [0.25, 0.3) is 11.0 Å². The third kappa shape index (κ3) is 2.83. The highest BCUT2D eigenvalue weighted by Crippen LogP contribution is 2.30. The van der Waals surface area contributed by atoms with E-state index in [1.54, 1.807) is 18.2 Å². The van der Waals surface area contributed by atoms with Gasteiger partial charge in [0.15, 0.2) is 5.65 Å². The van der Waals surface area contributed by atoms with Gasteiger partial charge in [0, 0.05) is 22.3 Å². The van der Waals surface area contributed by atoms with Gasteiger partial charge in [0.1, 0.15) is 10.0 Å². The van der Waals surface area contributed by atoms with Crippen molar-refractivity contribution in [3.8, 4) is 0 Å². The molecule has 0 saturated heterocycles. The number of hydrogen-bond donors (Lipinski definition) is 0. The topological polar surface area (TPSA) is 86.1 Å². The molecule has 0 amide bonds. The fraction of sp³-hybridized carbons (Fsp3) is 0. The predicted octanol–water partition coefficient (Wildman–Crippen LogP) is 2.85. The quantitative estimate of drug-likeness (QED) is 0.506. The second-order valence-corrected chi connectivity index (χ2v) is 9.29. The van der Waals surface area contributed by atoms with Crippen molar-refractivity contribution in [1.29, 1.82) is 0 Å². The fourth-order valence-corrected chi connectivity index (χ4v) is 4.68. The molecule has 0 spiro atoms. The zero-order valence-corrected chi connectivity index (χ0v) is 14.4. The lowest BCUT2D eigenvalue weighted by molar-refractivity contribution is 0.588. The van der Waals surface area contributed by atoms with Crippen LogP contribution in [-0.4, -0.2) is 25.8 Å². The first-order chi connectivity index (χ1) is 10.7. The SMILES string of the molecule is O=S(=O)(Cl)c1cn(S(=O)(=O)c2ccccc2)c2nc(Cl)ccc12. The van der Waals surface area contributed by atoms with Gasteiger partial charge in [0.2, 0.25) is 0 Å². The number of pyridine rings is 1. The molecule has 0 fully saturated rings. The lowest BCUT2D eigenvalue weighted by Crippen LogP contribution is -2.12. The minimum absolute atomic E-state index is 0.0165. The zero-order valence-electron chi connectivity index (χ0n) is 11.2. The minimum Gasteiger partial charge on any atom is -0.223 e. The van der Waals surface area contributed by atoms with Gasteiger partial charge in [-0.1, -0.05) is 29.8 Å². The molecule has 0 aliphatic carbocycles. The standard InChI is InChI=1S/C13H8Cl2N2O4S2/c14-12-7-6-10-11(22(15,18)19)8-17(13(10)16-12)23(20,21)9-4-2-1-3-5-9/h1-8H. The van der Waals surface area contributed by atoms with E-state index >= 15 is 0 Å². The molecule has 1 aromatic carbocycles. The van der Waals surface area contributed by atoms with Gasteiger partial charge in [0.05, 0.1) is 4.90 Å². The van der Waals surface area contributed by atoms with E-state index < -0.39 is 19.1 Å². The van der Waals surface area contributed by atoms with Crippen molar-refractivity contribution in [2.45, 2.75) is 9.79 Å². The van der Waals surface area contributed by atoms with Gasteiger partial charge in [-0.3, -0.25) is 0 Å².